The maximum Gasteiger partial charge on any atom is 0.231 e. The van der Waals surface area contributed by atoms with E-state index in [0.717, 1.165) is 5.56 Å². The van der Waals surface area contributed by atoms with Crippen molar-refractivity contribution < 1.29 is 4.52 Å². The Balaban J connectivity index is 2.05. The Bertz CT molecular complexity index is 541. The molecule has 0 amide bonds. The predicted octanol–water partition coefficient (Wildman–Crippen LogP) is 1.88. The van der Waals surface area contributed by atoms with Gasteiger partial charge in [0.1, 0.15) is 0 Å². The molecule has 2 N–H and O–H groups in total. The number of hydrogen-bond acceptors (Lipinski definition) is 5. The maximum absolute atomic E-state index is 5.98. The molecule has 6 heteroatoms. The smallest absolute Gasteiger partial charge is 0.231 e. The van der Waals surface area contributed by atoms with Crippen molar-refractivity contribution in [1.29, 1.82) is 0 Å². The quantitative estimate of drug-likeness (QED) is 0.906. The molecule has 0 aliphatic heterocycles. The van der Waals surface area contributed by atoms with Gasteiger partial charge < -0.3 is 15.2 Å². The number of nitrogens with two attached hydrogens (primary N) is 1. The van der Waals surface area contributed by atoms with Crippen LogP contribution in [0.1, 0.15) is 23.3 Å². The third kappa shape index (κ3) is 4.02. The number of hydrogen-bond donors (Lipinski definition) is 1. The normalized spacial score (nSPS) is 12.9. The Labute approximate surface area is 117 Å². The number of aromatic nitrogens is 2. The third-order valence-electron chi connectivity index (χ3n) is 2.62. The van der Waals surface area contributed by atoms with Crippen LogP contribution < -0.4 is 5.73 Å². The molecule has 1 atom stereocenters. The monoisotopic (exact) mass is 280 g/mol. The molecule has 1 unspecified atom stereocenters. The number of likely N-dealkylation sites (N-methyl/N-ethyl adjacent to an activating group) is 1. The first-order valence-corrected chi connectivity index (χ1v) is 6.39. The average molecular weight is 281 g/mol. The first-order valence-electron chi connectivity index (χ1n) is 6.02. The summed E-state index contributed by atoms with van der Waals surface area (Å²) in [5, 5.41) is 4.61. The van der Waals surface area contributed by atoms with Gasteiger partial charge in [-0.1, -0.05) is 28.9 Å². The van der Waals surface area contributed by atoms with Gasteiger partial charge in [-0.05, 0) is 31.8 Å². The Kier molecular flexibility index (Phi) is 4.52. The van der Waals surface area contributed by atoms with Gasteiger partial charge in [0.15, 0.2) is 5.82 Å². The molecule has 2 rings (SSSR count). The van der Waals surface area contributed by atoms with Crippen molar-refractivity contribution >= 4 is 11.6 Å². The molecule has 2 aromatic rings. The van der Waals surface area contributed by atoms with Gasteiger partial charge in [0.2, 0.25) is 5.89 Å². The summed E-state index contributed by atoms with van der Waals surface area (Å²) in [4.78, 5) is 6.30. The zero-order chi connectivity index (χ0) is 13.8. The summed E-state index contributed by atoms with van der Waals surface area (Å²) in [6.07, 6.45) is 0.558. The summed E-state index contributed by atoms with van der Waals surface area (Å²) < 4.78 is 5.21. The largest absolute Gasteiger partial charge is 0.339 e. The van der Waals surface area contributed by atoms with Crippen LogP contribution in [0.2, 0.25) is 5.02 Å². The molecule has 0 aliphatic rings. The lowest BCUT2D eigenvalue weighted by atomic mass is 10.1. The van der Waals surface area contributed by atoms with E-state index in [-0.39, 0.29) is 6.04 Å². The second-order valence-corrected chi connectivity index (χ2v) is 5.16. The van der Waals surface area contributed by atoms with Crippen molar-refractivity contribution in [2.45, 2.75) is 12.5 Å². The molecule has 19 heavy (non-hydrogen) atoms. The fraction of sp³-hybridized carbons (Fsp3) is 0.385. The predicted molar refractivity (Wildman–Crippen MR) is 74.0 cm³/mol. The van der Waals surface area contributed by atoms with Crippen molar-refractivity contribution in [2.75, 3.05) is 20.6 Å². The van der Waals surface area contributed by atoms with E-state index in [2.05, 4.69) is 10.1 Å². The van der Waals surface area contributed by atoms with Crippen LogP contribution in [0.25, 0.3) is 0 Å². The number of halogens is 1. The molecule has 1 heterocycles. The van der Waals surface area contributed by atoms with Crippen molar-refractivity contribution in [1.82, 2.24) is 15.0 Å². The molecule has 0 fully saturated rings. The lowest BCUT2D eigenvalue weighted by molar-refractivity contribution is 0.348. The van der Waals surface area contributed by atoms with Crippen LogP contribution in [0.3, 0.4) is 0 Å². The minimum atomic E-state index is -0.244. The lowest BCUT2D eigenvalue weighted by Gasteiger charge is -2.12. The summed E-state index contributed by atoms with van der Waals surface area (Å²) in [5.41, 5.74) is 7.01. The van der Waals surface area contributed by atoms with Crippen molar-refractivity contribution in [3.63, 3.8) is 0 Å². The summed E-state index contributed by atoms with van der Waals surface area (Å²) in [6, 6.07) is 7.33. The van der Waals surface area contributed by atoms with E-state index < -0.39 is 0 Å². The van der Waals surface area contributed by atoms with Gasteiger partial charge in [-0.2, -0.15) is 4.98 Å². The second-order valence-electron chi connectivity index (χ2n) is 4.72. The average Bonchev–Trinajstić information content (AvgIpc) is 2.76. The first kappa shape index (κ1) is 14.0. The highest BCUT2D eigenvalue weighted by atomic mass is 35.5. The maximum atomic E-state index is 5.98. The number of benzene rings is 1. The highest BCUT2D eigenvalue weighted by Crippen LogP contribution is 2.15. The third-order valence-corrected chi connectivity index (χ3v) is 2.86. The number of nitrogens with zero attached hydrogens (tertiary/aromatic N) is 3. The molecule has 1 aromatic heterocycles. The summed E-state index contributed by atoms with van der Waals surface area (Å²) in [6.45, 7) is 0.677. The van der Waals surface area contributed by atoms with Crippen molar-refractivity contribution in [3.05, 3.63) is 46.6 Å². The first-order chi connectivity index (χ1) is 9.04. The van der Waals surface area contributed by atoms with E-state index in [4.69, 9.17) is 21.9 Å². The molecule has 0 saturated heterocycles. The van der Waals surface area contributed by atoms with Gasteiger partial charge in [0.05, 0.1) is 12.5 Å². The standard InChI is InChI=1S/C13H17ClN4O/c1-18(2)8-11(15)13-16-12(19-17-13)7-9-4-3-5-10(14)6-9/h3-6,11H,7-8,15H2,1-2H3. The molecule has 0 spiro atoms. The van der Waals surface area contributed by atoms with E-state index in [0.29, 0.717) is 29.7 Å². The van der Waals surface area contributed by atoms with Gasteiger partial charge in [0, 0.05) is 11.6 Å². The van der Waals surface area contributed by atoms with Crippen LogP contribution in [0.5, 0.6) is 0 Å². The van der Waals surface area contributed by atoms with Crippen molar-refractivity contribution in [2.24, 2.45) is 5.73 Å². The zero-order valence-electron chi connectivity index (χ0n) is 11.0. The Morgan fingerprint density at radius 3 is 2.89 bits per heavy atom. The fourth-order valence-electron chi connectivity index (χ4n) is 1.79. The highest BCUT2D eigenvalue weighted by molar-refractivity contribution is 6.30. The molecular weight excluding hydrogens is 264 g/mol. The second kappa shape index (κ2) is 6.14. The van der Waals surface area contributed by atoms with Gasteiger partial charge in [-0.25, -0.2) is 0 Å². The van der Waals surface area contributed by atoms with Crippen molar-refractivity contribution in [3.8, 4) is 0 Å². The van der Waals surface area contributed by atoms with Crippen LogP contribution in [0.4, 0.5) is 0 Å². The van der Waals surface area contributed by atoms with E-state index >= 15 is 0 Å². The Morgan fingerprint density at radius 2 is 2.21 bits per heavy atom. The molecule has 102 valence electrons. The molecule has 5 nitrogen and oxygen atoms in total. The van der Waals surface area contributed by atoms with Crippen LogP contribution >= 0.6 is 11.6 Å². The van der Waals surface area contributed by atoms with Crippen LogP contribution in [0, 0.1) is 0 Å². The van der Waals surface area contributed by atoms with Crippen LogP contribution in [-0.4, -0.2) is 35.7 Å². The zero-order valence-corrected chi connectivity index (χ0v) is 11.8. The summed E-state index contributed by atoms with van der Waals surface area (Å²) in [7, 11) is 3.90. The molecule has 0 bridgehead atoms. The molecular formula is C13H17ClN4O. The number of rotatable bonds is 5. The van der Waals surface area contributed by atoms with E-state index in [1.165, 1.54) is 0 Å². The molecule has 0 radical (unpaired) electrons. The summed E-state index contributed by atoms with van der Waals surface area (Å²) >= 11 is 5.93. The summed E-state index contributed by atoms with van der Waals surface area (Å²) in [5.74, 6) is 1.08. The van der Waals surface area contributed by atoms with E-state index in [9.17, 15) is 0 Å². The molecule has 0 saturated carbocycles. The minimum absolute atomic E-state index is 0.244. The lowest BCUT2D eigenvalue weighted by Crippen LogP contribution is -2.26. The van der Waals surface area contributed by atoms with Gasteiger partial charge in [-0.3, -0.25) is 0 Å². The molecule has 1 aromatic carbocycles. The Hall–Kier alpha value is -1.43. The SMILES string of the molecule is CN(C)CC(N)c1noc(Cc2cccc(Cl)c2)n1. The Morgan fingerprint density at radius 1 is 1.42 bits per heavy atom. The van der Waals surface area contributed by atoms with Gasteiger partial charge in [0.25, 0.3) is 0 Å². The minimum Gasteiger partial charge on any atom is -0.339 e. The van der Waals surface area contributed by atoms with Crippen LogP contribution in [0.15, 0.2) is 28.8 Å². The van der Waals surface area contributed by atoms with Crippen LogP contribution in [-0.2, 0) is 6.42 Å². The molecule has 0 aliphatic carbocycles. The van der Waals surface area contributed by atoms with E-state index in [1.807, 2.05) is 43.3 Å². The fourth-order valence-corrected chi connectivity index (χ4v) is 2.00. The van der Waals surface area contributed by atoms with E-state index in [1.54, 1.807) is 0 Å². The topological polar surface area (TPSA) is 68.2 Å². The van der Waals surface area contributed by atoms with Gasteiger partial charge >= 0.3 is 0 Å². The highest BCUT2D eigenvalue weighted by Gasteiger charge is 2.15. The van der Waals surface area contributed by atoms with Gasteiger partial charge in [-0.15, -0.1) is 0 Å².